The number of halogens is 1. The first-order chi connectivity index (χ1) is 10.9. The number of benzene rings is 1. The molecule has 0 aliphatic carbocycles. The third-order valence-electron chi connectivity index (χ3n) is 3.87. The van der Waals surface area contributed by atoms with E-state index in [2.05, 4.69) is 5.32 Å². The van der Waals surface area contributed by atoms with Crippen molar-refractivity contribution in [2.75, 3.05) is 11.4 Å². The molecule has 1 N–H and O–H groups in total. The van der Waals surface area contributed by atoms with Crippen molar-refractivity contribution in [3.8, 4) is 5.75 Å². The van der Waals surface area contributed by atoms with Crippen LogP contribution in [0, 0.1) is 0 Å². The van der Waals surface area contributed by atoms with Crippen molar-refractivity contribution >= 4 is 29.1 Å². The highest BCUT2D eigenvalue weighted by atomic mass is 35.5. The minimum atomic E-state index is -0.0969. The molecule has 0 radical (unpaired) electrons. The van der Waals surface area contributed by atoms with E-state index < -0.39 is 0 Å². The van der Waals surface area contributed by atoms with Gasteiger partial charge in [-0.05, 0) is 38.5 Å². The number of amides is 2. The zero-order valence-corrected chi connectivity index (χ0v) is 14.5. The van der Waals surface area contributed by atoms with Crippen LogP contribution in [0.4, 0.5) is 5.69 Å². The lowest BCUT2D eigenvalue weighted by atomic mass is 10.1. The predicted molar refractivity (Wildman–Crippen MR) is 91.0 cm³/mol. The van der Waals surface area contributed by atoms with E-state index >= 15 is 0 Å². The summed E-state index contributed by atoms with van der Waals surface area (Å²) in [6.07, 6.45) is 1.12. The lowest BCUT2D eigenvalue weighted by molar-refractivity contribution is -0.125. The molecule has 2 amide bonds. The van der Waals surface area contributed by atoms with Crippen molar-refractivity contribution < 1.29 is 14.3 Å². The number of rotatable bonds is 5. The summed E-state index contributed by atoms with van der Waals surface area (Å²) in [6, 6.07) is 5.35. The zero-order chi connectivity index (χ0) is 17.0. The Balaban J connectivity index is 2.02. The smallest absolute Gasteiger partial charge is 0.227 e. The summed E-state index contributed by atoms with van der Waals surface area (Å²) >= 11 is 6.03. The maximum atomic E-state index is 12.5. The molecule has 0 saturated heterocycles. The van der Waals surface area contributed by atoms with E-state index in [1.165, 1.54) is 0 Å². The van der Waals surface area contributed by atoms with E-state index in [1.807, 2.05) is 20.8 Å². The van der Waals surface area contributed by atoms with Crippen LogP contribution in [0.2, 0.25) is 5.02 Å². The molecular formula is C17H23ClN2O3. The highest BCUT2D eigenvalue weighted by Gasteiger charge is 2.28. The van der Waals surface area contributed by atoms with Crippen molar-refractivity contribution in [2.24, 2.45) is 0 Å². The molecule has 0 unspecified atom stereocenters. The van der Waals surface area contributed by atoms with Crippen molar-refractivity contribution in [3.05, 3.63) is 23.2 Å². The van der Waals surface area contributed by atoms with Crippen LogP contribution >= 0.6 is 11.6 Å². The second-order valence-corrected chi connectivity index (χ2v) is 6.36. The molecule has 1 heterocycles. The molecule has 1 aliphatic heterocycles. The summed E-state index contributed by atoms with van der Waals surface area (Å²) in [5, 5.41) is 3.42. The van der Waals surface area contributed by atoms with Crippen molar-refractivity contribution in [2.45, 2.75) is 52.2 Å². The van der Waals surface area contributed by atoms with Crippen LogP contribution in [0.3, 0.4) is 0 Å². The van der Waals surface area contributed by atoms with Crippen molar-refractivity contribution in [3.63, 3.8) is 0 Å². The molecule has 0 saturated carbocycles. The molecule has 5 nitrogen and oxygen atoms in total. The van der Waals surface area contributed by atoms with Crippen LogP contribution in [0.15, 0.2) is 18.2 Å². The fourth-order valence-electron chi connectivity index (χ4n) is 2.45. The van der Waals surface area contributed by atoms with E-state index in [0.717, 1.165) is 6.42 Å². The minimum Gasteiger partial charge on any atom is -0.487 e. The Kier molecular flexibility index (Phi) is 5.88. The Morgan fingerprint density at radius 2 is 2.17 bits per heavy atom. The third-order valence-corrected chi connectivity index (χ3v) is 4.10. The second-order valence-electron chi connectivity index (χ2n) is 5.92. The Labute approximate surface area is 141 Å². The molecule has 2 rings (SSSR count). The van der Waals surface area contributed by atoms with E-state index in [0.29, 0.717) is 23.0 Å². The molecule has 1 aliphatic rings. The van der Waals surface area contributed by atoms with Gasteiger partial charge in [-0.15, -0.1) is 0 Å². The van der Waals surface area contributed by atoms with Gasteiger partial charge in [0, 0.05) is 23.9 Å². The van der Waals surface area contributed by atoms with E-state index in [1.54, 1.807) is 23.1 Å². The topological polar surface area (TPSA) is 58.6 Å². The SMILES string of the molecule is CC[C@H](C)NC(=O)CCC(=O)N1C[C@@H](C)Oc2ccc(Cl)cc21. The lowest BCUT2D eigenvalue weighted by Gasteiger charge is -2.33. The van der Waals surface area contributed by atoms with Crippen LogP contribution < -0.4 is 15.0 Å². The van der Waals surface area contributed by atoms with Gasteiger partial charge in [0.15, 0.2) is 0 Å². The molecule has 126 valence electrons. The van der Waals surface area contributed by atoms with Gasteiger partial charge in [0.25, 0.3) is 0 Å². The van der Waals surface area contributed by atoms with Gasteiger partial charge >= 0.3 is 0 Å². The average molecular weight is 339 g/mol. The molecule has 1 aromatic carbocycles. The first kappa shape index (κ1) is 17.6. The maximum Gasteiger partial charge on any atom is 0.227 e. The zero-order valence-electron chi connectivity index (χ0n) is 13.8. The molecule has 1 aromatic rings. The van der Waals surface area contributed by atoms with Gasteiger partial charge < -0.3 is 15.0 Å². The summed E-state index contributed by atoms with van der Waals surface area (Å²) in [5.41, 5.74) is 0.669. The first-order valence-electron chi connectivity index (χ1n) is 7.96. The molecule has 0 fully saturated rings. The highest BCUT2D eigenvalue weighted by Crippen LogP contribution is 2.36. The summed E-state index contributed by atoms with van der Waals surface area (Å²) in [6.45, 7) is 6.32. The Morgan fingerprint density at radius 1 is 1.43 bits per heavy atom. The number of ether oxygens (including phenoxy) is 1. The maximum absolute atomic E-state index is 12.5. The summed E-state index contributed by atoms with van der Waals surface area (Å²) < 4.78 is 5.73. The van der Waals surface area contributed by atoms with Gasteiger partial charge in [-0.2, -0.15) is 0 Å². The summed E-state index contributed by atoms with van der Waals surface area (Å²) in [4.78, 5) is 26.0. The fourth-order valence-corrected chi connectivity index (χ4v) is 2.62. The summed E-state index contributed by atoms with van der Waals surface area (Å²) in [5.74, 6) is 0.453. The number of carbonyl (C=O) groups excluding carboxylic acids is 2. The quantitative estimate of drug-likeness (QED) is 0.897. The Bertz CT molecular complexity index is 591. The molecule has 0 aromatic heterocycles. The van der Waals surface area contributed by atoms with Crippen LogP contribution in [-0.4, -0.2) is 30.5 Å². The Hall–Kier alpha value is -1.75. The largest absolute Gasteiger partial charge is 0.487 e. The van der Waals surface area contributed by atoms with Gasteiger partial charge in [-0.25, -0.2) is 0 Å². The number of fused-ring (bicyclic) bond motifs is 1. The molecular weight excluding hydrogens is 316 g/mol. The number of nitrogens with zero attached hydrogens (tertiary/aromatic N) is 1. The highest BCUT2D eigenvalue weighted by molar-refractivity contribution is 6.31. The normalized spacial score (nSPS) is 17.9. The van der Waals surface area contributed by atoms with Gasteiger partial charge in [0.2, 0.25) is 11.8 Å². The monoisotopic (exact) mass is 338 g/mol. The molecule has 6 heteroatoms. The number of carbonyl (C=O) groups is 2. The third kappa shape index (κ3) is 4.61. The van der Waals surface area contributed by atoms with Gasteiger partial charge in [-0.3, -0.25) is 9.59 Å². The average Bonchev–Trinajstić information content (AvgIpc) is 2.52. The Morgan fingerprint density at radius 3 is 2.87 bits per heavy atom. The van der Waals surface area contributed by atoms with Crippen molar-refractivity contribution in [1.82, 2.24) is 5.32 Å². The molecule has 0 spiro atoms. The molecule has 2 atom stereocenters. The second kappa shape index (κ2) is 7.68. The number of anilines is 1. The first-order valence-corrected chi connectivity index (χ1v) is 8.34. The number of nitrogens with one attached hydrogen (secondary N) is 1. The van der Waals surface area contributed by atoms with Gasteiger partial charge in [0.1, 0.15) is 11.9 Å². The van der Waals surface area contributed by atoms with Crippen LogP contribution in [0.1, 0.15) is 40.0 Å². The van der Waals surface area contributed by atoms with Crippen LogP contribution in [-0.2, 0) is 9.59 Å². The lowest BCUT2D eigenvalue weighted by Crippen LogP contribution is -2.42. The van der Waals surface area contributed by atoms with E-state index in [9.17, 15) is 9.59 Å². The van der Waals surface area contributed by atoms with Gasteiger partial charge in [-0.1, -0.05) is 18.5 Å². The van der Waals surface area contributed by atoms with Crippen LogP contribution in [0.25, 0.3) is 0 Å². The minimum absolute atomic E-state index is 0.0945. The standard InChI is InChI=1S/C17H23ClN2O3/c1-4-11(2)19-16(21)7-8-17(22)20-10-12(3)23-15-6-5-13(18)9-14(15)20/h5-6,9,11-12H,4,7-8,10H2,1-3H3,(H,19,21)/t11-,12+/m0/s1. The number of hydrogen-bond donors (Lipinski definition) is 1. The van der Waals surface area contributed by atoms with Crippen LogP contribution in [0.5, 0.6) is 5.75 Å². The van der Waals surface area contributed by atoms with E-state index in [4.69, 9.17) is 16.3 Å². The van der Waals surface area contributed by atoms with E-state index in [-0.39, 0.29) is 36.8 Å². The summed E-state index contributed by atoms with van der Waals surface area (Å²) in [7, 11) is 0. The molecule has 0 bridgehead atoms. The number of hydrogen-bond acceptors (Lipinski definition) is 3. The predicted octanol–water partition coefficient (Wildman–Crippen LogP) is 3.15. The fraction of sp³-hybridized carbons (Fsp3) is 0.529. The van der Waals surface area contributed by atoms with Gasteiger partial charge in [0.05, 0.1) is 12.2 Å². The molecule has 23 heavy (non-hydrogen) atoms. The van der Waals surface area contributed by atoms with Crippen molar-refractivity contribution in [1.29, 1.82) is 0 Å².